The van der Waals surface area contributed by atoms with E-state index in [4.69, 9.17) is 0 Å². The summed E-state index contributed by atoms with van der Waals surface area (Å²) >= 11 is 1.73. The van der Waals surface area contributed by atoms with Crippen LogP contribution in [0, 0.1) is 17.8 Å². The van der Waals surface area contributed by atoms with Crippen LogP contribution in [0.4, 0.5) is 0 Å². The highest BCUT2D eigenvalue weighted by atomic mass is 32.1. The van der Waals surface area contributed by atoms with Crippen LogP contribution in [-0.2, 0) is 16.0 Å². The van der Waals surface area contributed by atoms with Crippen LogP contribution >= 0.6 is 11.3 Å². The number of benzene rings is 1. The van der Waals surface area contributed by atoms with E-state index in [-0.39, 0.29) is 23.7 Å². The number of ketones is 1. The van der Waals surface area contributed by atoms with Gasteiger partial charge >= 0.3 is 0 Å². The first kappa shape index (κ1) is 16.7. The molecule has 0 radical (unpaired) electrons. The summed E-state index contributed by atoms with van der Waals surface area (Å²) in [5.41, 5.74) is 1.06. The van der Waals surface area contributed by atoms with Gasteiger partial charge in [-0.3, -0.25) is 9.59 Å². The Hall–Kier alpha value is -1.75. The average Bonchev–Trinajstić information content (AvgIpc) is 3.01. The van der Waals surface area contributed by atoms with Gasteiger partial charge < -0.3 is 5.32 Å². The van der Waals surface area contributed by atoms with Crippen molar-refractivity contribution in [3.8, 4) is 0 Å². The van der Waals surface area contributed by atoms with Crippen LogP contribution in [0.15, 0.2) is 24.3 Å². The lowest BCUT2D eigenvalue weighted by Crippen LogP contribution is -2.42. The number of Topliss-reactive ketones (excluding diaryl/α,β-unsaturated/α-hetero) is 1. The van der Waals surface area contributed by atoms with Gasteiger partial charge in [0.05, 0.1) is 15.2 Å². The predicted molar refractivity (Wildman–Crippen MR) is 99.5 cm³/mol. The van der Waals surface area contributed by atoms with E-state index < -0.39 is 0 Å². The number of para-hydroxylation sites is 1. The largest absolute Gasteiger partial charge is 0.356 e. The zero-order chi connectivity index (χ0) is 17.2. The Kier molecular flexibility index (Phi) is 4.84. The summed E-state index contributed by atoms with van der Waals surface area (Å²) < 4.78 is 1.22. The van der Waals surface area contributed by atoms with Gasteiger partial charge in [-0.05, 0) is 44.2 Å². The fourth-order valence-electron chi connectivity index (χ4n) is 4.32. The van der Waals surface area contributed by atoms with Crippen LogP contribution < -0.4 is 5.32 Å². The molecule has 2 aliphatic rings. The molecule has 4 rings (SSSR count). The summed E-state index contributed by atoms with van der Waals surface area (Å²) in [6, 6.07) is 8.18. The first-order valence-corrected chi connectivity index (χ1v) is 10.2. The number of nitrogens with zero attached hydrogens (tertiary/aromatic N) is 1. The molecule has 1 amide bonds. The van der Waals surface area contributed by atoms with Gasteiger partial charge in [0.2, 0.25) is 5.91 Å². The molecule has 1 N–H and O–H groups in total. The van der Waals surface area contributed by atoms with Crippen LogP contribution in [0.2, 0.25) is 0 Å². The molecule has 0 saturated heterocycles. The van der Waals surface area contributed by atoms with Crippen molar-refractivity contribution in [3.05, 3.63) is 29.3 Å². The number of rotatable bonds is 5. The number of fused-ring (bicyclic) bond motifs is 3. The summed E-state index contributed by atoms with van der Waals surface area (Å²) in [7, 11) is 0. The Balaban J connectivity index is 1.24. The number of nitrogens with one attached hydrogen (secondary N) is 1. The molecular formula is C20H24N2O2S. The molecule has 2 bridgehead atoms. The number of amides is 1. The number of hydrogen-bond donors (Lipinski definition) is 1. The molecule has 4 nitrogen and oxygen atoms in total. The maximum atomic E-state index is 12.5. The summed E-state index contributed by atoms with van der Waals surface area (Å²) in [6.07, 6.45) is 6.45. The highest BCUT2D eigenvalue weighted by Gasteiger charge is 2.41. The Morgan fingerprint density at radius 2 is 1.96 bits per heavy atom. The number of carbonyl (C=O) groups is 2. The van der Waals surface area contributed by atoms with Crippen molar-refractivity contribution in [2.45, 2.75) is 44.9 Å². The normalized spacial score (nSPS) is 25.9. The van der Waals surface area contributed by atoms with Crippen LogP contribution in [-0.4, -0.2) is 23.2 Å². The zero-order valence-corrected chi connectivity index (χ0v) is 15.2. The third-order valence-corrected chi connectivity index (χ3v) is 6.72. The molecule has 2 aromatic rings. The Morgan fingerprint density at radius 3 is 2.72 bits per heavy atom. The fourth-order valence-corrected chi connectivity index (χ4v) is 5.33. The average molecular weight is 356 g/mol. The van der Waals surface area contributed by atoms with Crippen LogP contribution in [0.1, 0.15) is 43.5 Å². The van der Waals surface area contributed by atoms with E-state index in [2.05, 4.69) is 16.4 Å². The van der Waals surface area contributed by atoms with Crippen molar-refractivity contribution in [1.29, 1.82) is 0 Å². The van der Waals surface area contributed by atoms with E-state index in [0.717, 1.165) is 55.5 Å². The molecule has 2 atom stereocenters. The molecule has 1 heterocycles. The lowest BCUT2D eigenvalue weighted by atomic mass is 9.67. The second-order valence-corrected chi connectivity index (χ2v) is 8.48. The molecular weight excluding hydrogens is 332 g/mol. The van der Waals surface area contributed by atoms with Crippen LogP contribution in [0.25, 0.3) is 10.2 Å². The molecule has 2 saturated carbocycles. The standard InChI is InChI=1S/C20H24N2O2S/c23-19-13-5-3-6-14(19)12-15(11-13)20(24)21-10-4-9-18-22-16-7-1-2-8-17(16)25-18/h1-2,7-8,13-15H,3-6,9-12H2,(H,21,24). The van der Waals surface area contributed by atoms with Gasteiger partial charge in [-0.2, -0.15) is 0 Å². The van der Waals surface area contributed by atoms with Gasteiger partial charge in [-0.1, -0.05) is 18.6 Å². The summed E-state index contributed by atoms with van der Waals surface area (Å²) in [5, 5.41) is 4.22. The van der Waals surface area contributed by atoms with Crippen LogP contribution in [0.3, 0.4) is 0 Å². The fraction of sp³-hybridized carbons (Fsp3) is 0.550. The topological polar surface area (TPSA) is 59.1 Å². The van der Waals surface area contributed by atoms with Gasteiger partial charge in [0.25, 0.3) is 0 Å². The third kappa shape index (κ3) is 3.61. The molecule has 5 heteroatoms. The molecule has 25 heavy (non-hydrogen) atoms. The monoisotopic (exact) mass is 356 g/mol. The van der Waals surface area contributed by atoms with Crippen molar-refractivity contribution in [1.82, 2.24) is 10.3 Å². The maximum Gasteiger partial charge on any atom is 0.223 e. The highest BCUT2D eigenvalue weighted by molar-refractivity contribution is 7.18. The number of carbonyl (C=O) groups excluding carboxylic acids is 2. The van der Waals surface area contributed by atoms with E-state index in [1.807, 2.05) is 18.2 Å². The van der Waals surface area contributed by atoms with Crippen molar-refractivity contribution in [2.75, 3.05) is 6.54 Å². The SMILES string of the molecule is O=C(NCCCc1nc2ccccc2s1)C1CC2CCCC(C1)C2=O. The second kappa shape index (κ2) is 7.24. The van der Waals surface area contributed by atoms with E-state index >= 15 is 0 Å². The molecule has 1 aromatic carbocycles. The Morgan fingerprint density at radius 1 is 1.20 bits per heavy atom. The minimum Gasteiger partial charge on any atom is -0.356 e. The summed E-state index contributed by atoms with van der Waals surface area (Å²) in [4.78, 5) is 29.2. The molecule has 2 aliphatic carbocycles. The molecule has 0 aliphatic heterocycles. The number of hydrogen-bond acceptors (Lipinski definition) is 4. The third-order valence-electron chi connectivity index (χ3n) is 5.62. The van der Waals surface area contributed by atoms with Crippen molar-refractivity contribution < 1.29 is 9.59 Å². The van der Waals surface area contributed by atoms with Crippen molar-refractivity contribution in [3.63, 3.8) is 0 Å². The summed E-state index contributed by atoms with van der Waals surface area (Å²) in [5.74, 6) is 0.896. The predicted octanol–water partition coefficient (Wildman–Crippen LogP) is 3.74. The second-order valence-electron chi connectivity index (χ2n) is 7.37. The highest BCUT2D eigenvalue weighted by Crippen LogP contribution is 2.40. The minimum atomic E-state index is 0.0375. The molecule has 0 spiro atoms. The van der Waals surface area contributed by atoms with Crippen molar-refractivity contribution >= 4 is 33.2 Å². The summed E-state index contributed by atoms with van der Waals surface area (Å²) in [6.45, 7) is 0.689. The Labute approximate surface area is 152 Å². The Bertz CT molecular complexity index is 736. The molecule has 2 unspecified atom stereocenters. The van der Waals surface area contributed by atoms with E-state index in [9.17, 15) is 9.59 Å². The first-order valence-electron chi connectivity index (χ1n) is 9.36. The van der Waals surface area contributed by atoms with E-state index in [1.54, 1.807) is 11.3 Å². The zero-order valence-electron chi connectivity index (χ0n) is 14.4. The van der Waals surface area contributed by atoms with E-state index in [1.165, 1.54) is 4.70 Å². The molecule has 2 fully saturated rings. The lowest BCUT2D eigenvalue weighted by Gasteiger charge is -2.36. The van der Waals surface area contributed by atoms with Gasteiger partial charge in [0.1, 0.15) is 5.78 Å². The lowest BCUT2D eigenvalue weighted by molar-refractivity contribution is -0.137. The molecule has 1 aromatic heterocycles. The smallest absolute Gasteiger partial charge is 0.223 e. The number of aryl methyl sites for hydroxylation is 1. The quantitative estimate of drug-likeness (QED) is 0.830. The molecule has 132 valence electrons. The minimum absolute atomic E-state index is 0.0375. The van der Waals surface area contributed by atoms with Gasteiger partial charge in [0.15, 0.2) is 0 Å². The number of thiazole rings is 1. The first-order chi connectivity index (χ1) is 12.2. The van der Waals surface area contributed by atoms with Crippen LogP contribution in [0.5, 0.6) is 0 Å². The number of aromatic nitrogens is 1. The van der Waals surface area contributed by atoms with Gasteiger partial charge in [-0.15, -0.1) is 11.3 Å². The van der Waals surface area contributed by atoms with Gasteiger partial charge in [0, 0.05) is 30.7 Å². The van der Waals surface area contributed by atoms with E-state index in [0.29, 0.717) is 12.3 Å². The van der Waals surface area contributed by atoms with Crippen molar-refractivity contribution in [2.24, 2.45) is 17.8 Å². The maximum absolute atomic E-state index is 12.5. The van der Waals surface area contributed by atoms with Gasteiger partial charge in [-0.25, -0.2) is 4.98 Å².